The summed E-state index contributed by atoms with van der Waals surface area (Å²) in [6, 6.07) is 0.432. The van der Waals surface area contributed by atoms with Crippen molar-refractivity contribution in [1.82, 2.24) is 4.90 Å². The molecule has 0 aromatic heterocycles. The van der Waals surface area contributed by atoms with Gasteiger partial charge in [-0.3, -0.25) is 4.90 Å². The molecule has 0 aliphatic carbocycles. The lowest BCUT2D eigenvalue weighted by atomic mass is 10.1. The fourth-order valence-electron chi connectivity index (χ4n) is 1.91. The molecular formula is C10H16N2O. The van der Waals surface area contributed by atoms with E-state index < -0.39 is 0 Å². The van der Waals surface area contributed by atoms with Crippen molar-refractivity contribution in [2.24, 2.45) is 4.99 Å². The molecule has 0 spiro atoms. The highest BCUT2D eigenvalue weighted by Gasteiger charge is 2.24. The molecule has 0 aromatic carbocycles. The Balaban J connectivity index is 2.49. The van der Waals surface area contributed by atoms with Crippen LogP contribution in [-0.2, 0) is 4.79 Å². The van der Waals surface area contributed by atoms with Gasteiger partial charge in [-0.2, -0.15) is 0 Å². The second-order valence-corrected chi connectivity index (χ2v) is 3.35. The van der Waals surface area contributed by atoms with Crippen LogP contribution in [0.5, 0.6) is 0 Å². The van der Waals surface area contributed by atoms with Gasteiger partial charge in [-0.25, -0.2) is 9.79 Å². The average molecular weight is 180 g/mol. The van der Waals surface area contributed by atoms with Crippen molar-refractivity contribution >= 4 is 6.08 Å². The molecule has 1 fully saturated rings. The van der Waals surface area contributed by atoms with Crippen LogP contribution in [0.4, 0.5) is 0 Å². The van der Waals surface area contributed by atoms with E-state index in [9.17, 15) is 4.79 Å². The summed E-state index contributed by atoms with van der Waals surface area (Å²) in [7, 11) is 0. The van der Waals surface area contributed by atoms with E-state index in [2.05, 4.69) is 23.4 Å². The van der Waals surface area contributed by atoms with Crippen LogP contribution in [0.1, 0.15) is 19.8 Å². The third-order valence-corrected chi connectivity index (χ3v) is 2.59. The maximum atomic E-state index is 9.93. The van der Waals surface area contributed by atoms with Crippen molar-refractivity contribution in [2.45, 2.75) is 25.8 Å². The normalized spacial score (nSPS) is 22.7. The second kappa shape index (κ2) is 4.95. The van der Waals surface area contributed by atoms with Gasteiger partial charge in [0, 0.05) is 6.04 Å². The highest BCUT2D eigenvalue weighted by Crippen LogP contribution is 2.22. The van der Waals surface area contributed by atoms with Gasteiger partial charge in [0.2, 0.25) is 6.08 Å². The van der Waals surface area contributed by atoms with Crippen molar-refractivity contribution in [3.8, 4) is 0 Å². The summed E-state index contributed by atoms with van der Waals surface area (Å²) in [5.74, 6) is 0. The summed E-state index contributed by atoms with van der Waals surface area (Å²) in [5, 5.41) is 0. The first-order valence-corrected chi connectivity index (χ1v) is 4.75. The quantitative estimate of drug-likeness (QED) is 0.372. The van der Waals surface area contributed by atoms with Crippen molar-refractivity contribution in [3.05, 3.63) is 12.2 Å². The first-order valence-electron chi connectivity index (χ1n) is 4.75. The molecule has 1 saturated heterocycles. The van der Waals surface area contributed by atoms with Crippen molar-refractivity contribution in [2.75, 3.05) is 19.6 Å². The minimum Gasteiger partial charge on any atom is -0.297 e. The second-order valence-electron chi connectivity index (χ2n) is 3.35. The minimum atomic E-state index is 0.432. The fourth-order valence-corrected chi connectivity index (χ4v) is 1.91. The first-order chi connectivity index (χ1) is 6.29. The number of likely N-dealkylation sites (N-methyl/N-ethyl adjacent to an activating group) is 1. The Morgan fingerprint density at radius 2 is 2.54 bits per heavy atom. The minimum absolute atomic E-state index is 0.432. The predicted octanol–water partition coefficient (Wildman–Crippen LogP) is 1.36. The zero-order valence-electron chi connectivity index (χ0n) is 8.12. The molecule has 1 heterocycles. The van der Waals surface area contributed by atoms with Crippen molar-refractivity contribution in [1.29, 1.82) is 0 Å². The highest BCUT2D eigenvalue weighted by molar-refractivity contribution is 5.34. The maximum Gasteiger partial charge on any atom is 0.235 e. The van der Waals surface area contributed by atoms with Crippen molar-refractivity contribution in [3.63, 3.8) is 0 Å². The van der Waals surface area contributed by atoms with Crippen molar-refractivity contribution < 1.29 is 4.79 Å². The summed E-state index contributed by atoms with van der Waals surface area (Å²) < 4.78 is 0. The fraction of sp³-hybridized carbons (Fsp3) is 0.700. The molecule has 1 aliphatic heterocycles. The maximum absolute atomic E-state index is 9.93. The van der Waals surface area contributed by atoms with Crippen LogP contribution < -0.4 is 0 Å². The third kappa shape index (κ3) is 2.51. The zero-order chi connectivity index (χ0) is 9.68. The van der Waals surface area contributed by atoms with Gasteiger partial charge in [-0.1, -0.05) is 13.5 Å². The molecule has 1 atom stereocenters. The van der Waals surface area contributed by atoms with Crippen LogP contribution in [-0.4, -0.2) is 36.7 Å². The smallest absolute Gasteiger partial charge is 0.235 e. The average Bonchev–Trinajstić information content (AvgIpc) is 2.61. The molecule has 1 unspecified atom stereocenters. The molecule has 0 saturated carbocycles. The Morgan fingerprint density at radius 3 is 3.15 bits per heavy atom. The summed E-state index contributed by atoms with van der Waals surface area (Å²) in [5.41, 5.74) is 1.04. The van der Waals surface area contributed by atoms with Gasteiger partial charge < -0.3 is 0 Å². The van der Waals surface area contributed by atoms with E-state index in [0.717, 1.165) is 25.1 Å². The standard InChI is InChI=1S/C10H16N2O/c1-3-12-6-4-5-10(12)9(2)7-11-8-13/h10H,2-7H2,1H3. The number of hydrogen-bond donors (Lipinski definition) is 0. The summed E-state index contributed by atoms with van der Waals surface area (Å²) in [4.78, 5) is 15.9. The molecule has 0 aromatic rings. The molecule has 1 aliphatic rings. The zero-order valence-corrected chi connectivity index (χ0v) is 8.12. The van der Waals surface area contributed by atoms with Crippen LogP contribution in [0.2, 0.25) is 0 Å². The molecular weight excluding hydrogens is 164 g/mol. The van der Waals surface area contributed by atoms with Gasteiger partial charge in [0.05, 0.1) is 6.54 Å². The molecule has 0 amide bonds. The molecule has 13 heavy (non-hydrogen) atoms. The van der Waals surface area contributed by atoms with E-state index in [1.54, 1.807) is 6.08 Å². The van der Waals surface area contributed by atoms with E-state index >= 15 is 0 Å². The number of hydrogen-bond acceptors (Lipinski definition) is 3. The van der Waals surface area contributed by atoms with E-state index in [1.165, 1.54) is 6.42 Å². The molecule has 72 valence electrons. The molecule has 3 heteroatoms. The number of likely N-dealkylation sites (tertiary alicyclic amines) is 1. The summed E-state index contributed by atoms with van der Waals surface area (Å²) in [6.07, 6.45) is 3.93. The number of rotatable bonds is 4. The largest absolute Gasteiger partial charge is 0.297 e. The Bertz CT molecular complexity index is 231. The predicted molar refractivity (Wildman–Crippen MR) is 52.4 cm³/mol. The van der Waals surface area contributed by atoms with Gasteiger partial charge in [0.25, 0.3) is 0 Å². The lowest BCUT2D eigenvalue weighted by Gasteiger charge is -2.23. The van der Waals surface area contributed by atoms with Crippen LogP contribution in [0.3, 0.4) is 0 Å². The Kier molecular flexibility index (Phi) is 3.87. The Labute approximate surface area is 79.1 Å². The monoisotopic (exact) mass is 180 g/mol. The Hall–Kier alpha value is -0.920. The number of carbonyl (C=O) groups excluding carboxylic acids is 1. The van der Waals surface area contributed by atoms with Gasteiger partial charge in [-0.15, -0.1) is 0 Å². The van der Waals surface area contributed by atoms with E-state index in [1.807, 2.05) is 0 Å². The molecule has 0 bridgehead atoms. The van der Waals surface area contributed by atoms with Gasteiger partial charge in [-0.05, 0) is 31.5 Å². The van der Waals surface area contributed by atoms with E-state index in [-0.39, 0.29) is 0 Å². The summed E-state index contributed by atoms with van der Waals surface area (Å²) >= 11 is 0. The molecule has 3 nitrogen and oxygen atoms in total. The SMILES string of the molecule is C=C(CN=C=O)C1CCCN1CC. The van der Waals surface area contributed by atoms with Crippen LogP contribution in [0.25, 0.3) is 0 Å². The van der Waals surface area contributed by atoms with Crippen LogP contribution in [0, 0.1) is 0 Å². The van der Waals surface area contributed by atoms with Gasteiger partial charge >= 0.3 is 0 Å². The number of isocyanates is 1. The Morgan fingerprint density at radius 1 is 1.77 bits per heavy atom. The first kappa shape index (κ1) is 10.2. The number of aliphatic imine (C=N–C) groups is 1. The van der Waals surface area contributed by atoms with Gasteiger partial charge in [0.1, 0.15) is 0 Å². The van der Waals surface area contributed by atoms with E-state index in [4.69, 9.17) is 0 Å². The van der Waals surface area contributed by atoms with E-state index in [0.29, 0.717) is 12.6 Å². The van der Waals surface area contributed by atoms with Crippen LogP contribution >= 0.6 is 0 Å². The summed E-state index contributed by atoms with van der Waals surface area (Å²) in [6.45, 7) is 8.73. The molecule has 0 N–H and O–H groups in total. The lowest BCUT2D eigenvalue weighted by Crippen LogP contribution is -2.31. The third-order valence-electron chi connectivity index (χ3n) is 2.59. The van der Waals surface area contributed by atoms with Gasteiger partial charge in [0.15, 0.2) is 0 Å². The lowest BCUT2D eigenvalue weighted by molar-refractivity contribution is 0.295. The molecule has 0 radical (unpaired) electrons. The topological polar surface area (TPSA) is 32.7 Å². The molecule has 1 rings (SSSR count). The highest BCUT2D eigenvalue weighted by atomic mass is 16.1. The number of nitrogens with zero attached hydrogens (tertiary/aromatic N) is 2. The van der Waals surface area contributed by atoms with Crippen LogP contribution in [0.15, 0.2) is 17.1 Å².